The van der Waals surface area contributed by atoms with E-state index in [-0.39, 0.29) is 53.9 Å². The van der Waals surface area contributed by atoms with Crippen LogP contribution >= 0.6 is 0 Å². The molecule has 1 heterocycles. The zero-order valence-electron chi connectivity index (χ0n) is 16.8. The van der Waals surface area contributed by atoms with Crippen molar-refractivity contribution in [1.29, 1.82) is 0 Å². The van der Waals surface area contributed by atoms with E-state index in [1.807, 2.05) is 0 Å². The number of ether oxygens (including phenoxy) is 1. The topological polar surface area (TPSA) is 68.1 Å². The van der Waals surface area contributed by atoms with Crippen LogP contribution in [0.2, 0.25) is 0 Å². The molecule has 1 N–H and O–H groups in total. The molecule has 2 amide bonds. The summed E-state index contributed by atoms with van der Waals surface area (Å²) in [5, 5.41) is 0. The maximum absolute atomic E-state index is 12.8. The van der Waals surface area contributed by atoms with Crippen LogP contribution in [0.4, 0.5) is 5.69 Å². The Kier molecular flexibility index (Phi) is 6.44. The lowest BCUT2D eigenvalue weighted by Crippen LogP contribution is -3.11. The number of imide groups is 1. The summed E-state index contributed by atoms with van der Waals surface area (Å²) >= 11 is 0. The fourth-order valence-electron chi connectivity index (χ4n) is 4.88. The van der Waals surface area contributed by atoms with E-state index in [4.69, 9.17) is 4.74 Å². The molecule has 1 saturated heterocycles. The number of fused-ring (bicyclic) bond motifs is 5. The van der Waals surface area contributed by atoms with Gasteiger partial charge in [-0.15, -0.1) is 0 Å². The van der Waals surface area contributed by atoms with Gasteiger partial charge >= 0.3 is 5.97 Å². The van der Waals surface area contributed by atoms with Crippen LogP contribution < -0.4 is 22.2 Å². The van der Waals surface area contributed by atoms with Gasteiger partial charge < -0.3 is 22.0 Å². The first-order valence-corrected chi connectivity index (χ1v) is 10.2. The van der Waals surface area contributed by atoms with Crippen molar-refractivity contribution in [3.63, 3.8) is 0 Å². The standard InChI is InChI=1S/C22H26N2O4.ClH/c1-3-23(4-2)11-12-28-22(27)14-7-9-17(10-8-14)24-20(25)18-15-5-6-16(13-15)19(18)21(24)26;/h5-10,15-16,18-19H,3-4,11-13H2,1-2H3;1H. The number of quaternary nitrogens is 1. The molecule has 1 saturated carbocycles. The van der Waals surface area contributed by atoms with E-state index in [0.29, 0.717) is 17.9 Å². The summed E-state index contributed by atoms with van der Waals surface area (Å²) in [6, 6.07) is 6.59. The van der Waals surface area contributed by atoms with Gasteiger partial charge in [0.1, 0.15) is 13.2 Å². The predicted octanol–water partition coefficient (Wildman–Crippen LogP) is -1.92. The molecule has 156 valence electrons. The largest absolute Gasteiger partial charge is 1.00 e. The van der Waals surface area contributed by atoms with E-state index in [0.717, 1.165) is 26.1 Å². The second-order valence-corrected chi connectivity index (χ2v) is 7.90. The lowest BCUT2D eigenvalue weighted by atomic mass is 9.85. The number of nitrogens with one attached hydrogen (secondary N) is 1. The summed E-state index contributed by atoms with van der Waals surface area (Å²) in [4.78, 5) is 40.6. The van der Waals surface area contributed by atoms with Crippen LogP contribution in [0.5, 0.6) is 0 Å². The van der Waals surface area contributed by atoms with E-state index >= 15 is 0 Å². The maximum atomic E-state index is 12.8. The third kappa shape index (κ3) is 3.71. The fraction of sp³-hybridized carbons (Fsp3) is 0.500. The lowest BCUT2D eigenvalue weighted by Gasteiger charge is -2.17. The molecule has 0 radical (unpaired) electrons. The summed E-state index contributed by atoms with van der Waals surface area (Å²) < 4.78 is 5.35. The highest BCUT2D eigenvalue weighted by Crippen LogP contribution is 2.53. The van der Waals surface area contributed by atoms with Gasteiger partial charge in [-0.1, -0.05) is 12.2 Å². The van der Waals surface area contributed by atoms with Crippen molar-refractivity contribution in [2.45, 2.75) is 20.3 Å². The van der Waals surface area contributed by atoms with Crippen molar-refractivity contribution >= 4 is 23.5 Å². The molecule has 29 heavy (non-hydrogen) atoms. The van der Waals surface area contributed by atoms with Crippen LogP contribution in [0, 0.1) is 23.7 Å². The van der Waals surface area contributed by atoms with Gasteiger partial charge in [0, 0.05) is 0 Å². The Bertz CT molecular complexity index is 789. The normalized spacial score (nSPS) is 26.8. The Morgan fingerprint density at radius 1 is 1.03 bits per heavy atom. The third-order valence-electron chi connectivity index (χ3n) is 6.52. The SMILES string of the molecule is CC[NH+](CC)CCOC(=O)c1ccc(N2C(=O)C3C4C=CC(C4)C3C2=O)cc1.[Cl-]. The molecule has 1 aromatic carbocycles. The highest BCUT2D eigenvalue weighted by atomic mass is 35.5. The van der Waals surface area contributed by atoms with Crippen molar-refractivity contribution < 1.29 is 36.4 Å². The maximum Gasteiger partial charge on any atom is 0.338 e. The molecule has 7 heteroatoms. The van der Waals surface area contributed by atoms with Crippen molar-refractivity contribution in [3.05, 3.63) is 42.0 Å². The zero-order chi connectivity index (χ0) is 19.8. The Labute approximate surface area is 177 Å². The number of halogens is 1. The van der Waals surface area contributed by atoms with E-state index in [1.54, 1.807) is 24.3 Å². The quantitative estimate of drug-likeness (QED) is 0.318. The summed E-state index contributed by atoms with van der Waals surface area (Å²) in [7, 11) is 0. The number of anilines is 1. The van der Waals surface area contributed by atoms with Crippen LogP contribution in [-0.4, -0.2) is 44.0 Å². The molecule has 2 bridgehead atoms. The number of hydrogen-bond acceptors (Lipinski definition) is 4. The molecule has 1 aromatic rings. The van der Waals surface area contributed by atoms with E-state index in [1.165, 1.54) is 9.80 Å². The van der Waals surface area contributed by atoms with E-state index in [2.05, 4.69) is 26.0 Å². The molecule has 4 atom stereocenters. The molecule has 4 rings (SSSR count). The van der Waals surface area contributed by atoms with Crippen LogP contribution in [0.1, 0.15) is 30.6 Å². The van der Waals surface area contributed by atoms with Gasteiger partial charge in [0.2, 0.25) is 11.8 Å². The van der Waals surface area contributed by atoms with Crippen LogP contribution in [-0.2, 0) is 14.3 Å². The first-order chi connectivity index (χ1) is 13.5. The molecule has 4 unspecified atom stereocenters. The van der Waals surface area contributed by atoms with Gasteiger partial charge in [-0.05, 0) is 56.4 Å². The fourth-order valence-corrected chi connectivity index (χ4v) is 4.88. The van der Waals surface area contributed by atoms with Crippen LogP contribution in [0.15, 0.2) is 36.4 Å². The molecule has 1 aliphatic heterocycles. The Morgan fingerprint density at radius 2 is 1.59 bits per heavy atom. The van der Waals surface area contributed by atoms with Gasteiger partial charge in [-0.25, -0.2) is 4.79 Å². The second-order valence-electron chi connectivity index (χ2n) is 7.90. The molecule has 0 spiro atoms. The number of likely N-dealkylation sites (N-methyl/N-ethyl adjacent to an activating group) is 1. The number of hydrogen-bond donors (Lipinski definition) is 1. The predicted molar refractivity (Wildman–Crippen MR) is 104 cm³/mol. The van der Waals surface area contributed by atoms with Crippen LogP contribution in [0.25, 0.3) is 0 Å². The van der Waals surface area contributed by atoms with Gasteiger partial charge in [0.05, 0.1) is 36.2 Å². The third-order valence-corrected chi connectivity index (χ3v) is 6.52. The minimum absolute atomic E-state index is 0. The van der Waals surface area contributed by atoms with E-state index in [9.17, 15) is 14.4 Å². The zero-order valence-corrected chi connectivity index (χ0v) is 17.5. The molecular weight excluding hydrogens is 392 g/mol. The van der Waals surface area contributed by atoms with Crippen molar-refractivity contribution in [3.8, 4) is 0 Å². The monoisotopic (exact) mass is 418 g/mol. The molecule has 0 aromatic heterocycles. The van der Waals surface area contributed by atoms with E-state index < -0.39 is 0 Å². The van der Waals surface area contributed by atoms with Crippen molar-refractivity contribution in [1.82, 2.24) is 0 Å². The van der Waals surface area contributed by atoms with Crippen molar-refractivity contribution in [2.24, 2.45) is 23.7 Å². The summed E-state index contributed by atoms with van der Waals surface area (Å²) in [6.07, 6.45) is 5.08. The Hall–Kier alpha value is -2.18. The number of carbonyl (C=O) groups excluding carboxylic acids is 3. The highest BCUT2D eigenvalue weighted by molar-refractivity contribution is 6.22. The minimum atomic E-state index is -0.378. The lowest BCUT2D eigenvalue weighted by molar-refractivity contribution is -0.896. The first-order valence-electron chi connectivity index (χ1n) is 10.2. The number of nitrogens with zero attached hydrogens (tertiary/aromatic N) is 1. The number of allylic oxidation sites excluding steroid dienone is 2. The molecular formula is C22H27ClN2O4. The Balaban J connectivity index is 0.00000240. The van der Waals surface area contributed by atoms with Gasteiger partial charge in [0.15, 0.2) is 0 Å². The molecule has 3 aliphatic rings. The number of amides is 2. The van der Waals surface area contributed by atoms with Gasteiger partial charge in [-0.3, -0.25) is 14.5 Å². The number of rotatable bonds is 7. The Morgan fingerprint density at radius 3 is 2.10 bits per heavy atom. The average Bonchev–Trinajstić information content (AvgIpc) is 3.39. The molecule has 2 fully saturated rings. The molecule has 6 nitrogen and oxygen atoms in total. The smallest absolute Gasteiger partial charge is 0.338 e. The number of carbonyl (C=O) groups is 3. The molecule has 2 aliphatic carbocycles. The van der Waals surface area contributed by atoms with Crippen LogP contribution in [0.3, 0.4) is 0 Å². The first kappa shape index (κ1) is 21.5. The number of esters is 1. The highest BCUT2D eigenvalue weighted by Gasteiger charge is 2.59. The summed E-state index contributed by atoms with van der Waals surface area (Å²) in [6.45, 7) is 7.37. The average molecular weight is 419 g/mol. The summed E-state index contributed by atoms with van der Waals surface area (Å²) in [5.74, 6) is -0.633. The van der Waals surface area contributed by atoms with Gasteiger partial charge in [0.25, 0.3) is 0 Å². The van der Waals surface area contributed by atoms with Gasteiger partial charge in [-0.2, -0.15) is 0 Å². The summed E-state index contributed by atoms with van der Waals surface area (Å²) in [5.41, 5.74) is 0.965. The number of benzene rings is 1. The minimum Gasteiger partial charge on any atom is -1.00 e. The van der Waals surface area contributed by atoms with Crippen molar-refractivity contribution in [2.75, 3.05) is 31.1 Å². The second kappa shape index (κ2) is 8.67.